The van der Waals surface area contributed by atoms with Gasteiger partial charge in [0.1, 0.15) is 0 Å². The van der Waals surface area contributed by atoms with Crippen LogP contribution in [0.3, 0.4) is 0 Å². The molecular weight excluding hydrogens is 753 g/mol. The van der Waals surface area contributed by atoms with Crippen LogP contribution < -0.4 is 41.5 Å². The summed E-state index contributed by atoms with van der Waals surface area (Å²) in [5.41, 5.74) is 19.7. The van der Waals surface area contributed by atoms with E-state index in [1.54, 1.807) is 0 Å². The van der Waals surface area contributed by atoms with Crippen molar-refractivity contribution >= 4 is 57.6 Å². The molecule has 4 aliphatic rings. The molecule has 0 fully saturated rings. The highest BCUT2D eigenvalue weighted by molar-refractivity contribution is 7.23. The Labute approximate surface area is 354 Å². The van der Waals surface area contributed by atoms with E-state index in [9.17, 15) is 0 Å². The smallest absolute Gasteiger partial charge is 0.0623 e. The summed E-state index contributed by atoms with van der Waals surface area (Å²) in [4.78, 5) is 0. The first-order chi connectivity index (χ1) is 29.6. The third kappa shape index (κ3) is 4.35. The zero-order chi connectivity index (χ0) is 39.7. The van der Waals surface area contributed by atoms with Gasteiger partial charge in [-0.2, -0.15) is 0 Å². The lowest BCUT2D eigenvalue weighted by molar-refractivity contribution is 1.26. The molecule has 0 unspecified atom stereocenters. The van der Waals surface area contributed by atoms with E-state index in [0.717, 1.165) is 12.8 Å². The molecule has 2 aliphatic heterocycles. The van der Waals surface area contributed by atoms with Gasteiger partial charge in [-0.05, 0) is 135 Å². The first-order valence-electron chi connectivity index (χ1n) is 21.5. The maximum Gasteiger partial charge on any atom is 0.181 e. The molecule has 2 heteroatoms. The first kappa shape index (κ1) is 34.3. The fourth-order valence-electron chi connectivity index (χ4n) is 12.3. The Bertz CT molecular complexity index is 3000. The van der Waals surface area contributed by atoms with Crippen LogP contribution in [0.2, 0.25) is 0 Å². The van der Waals surface area contributed by atoms with Crippen LogP contribution in [0, 0.1) is 13.8 Å². The SMILES string of the molecule is Cc1cc([Si]2(c3ccc4c(c3)-c3ccccc3C4)c3ccccc3-c3ccccc32)c(C)cc1[Si]1(c2ccc3c(c2)-c2ccccc2C3)c2ccccc2-c2ccccc21. The molecule has 0 aromatic heterocycles. The molecule has 9 aromatic carbocycles. The number of fused-ring (bicyclic) bond motifs is 12. The molecule has 0 bridgehead atoms. The third-order valence-electron chi connectivity index (χ3n) is 14.7. The fourth-order valence-corrected chi connectivity index (χ4v) is 23.4. The van der Waals surface area contributed by atoms with Crippen molar-refractivity contribution in [2.45, 2.75) is 26.7 Å². The zero-order valence-corrected chi connectivity index (χ0v) is 35.9. The second kappa shape index (κ2) is 12.5. The Hall–Kier alpha value is -6.59. The number of hydrogen-bond acceptors (Lipinski definition) is 0. The van der Waals surface area contributed by atoms with Gasteiger partial charge in [0.2, 0.25) is 0 Å². The standard InChI is InChI=1S/C58H42Si2/c1-37-31-58(60(55-25-13-9-21-49(55)50-22-10-14-26-56(50)60)44-30-28-42-34-40-16-4-6-18-46(40)52(42)36-44)38(2)32-57(37)59(53-23-11-7-19-47(53)48-20-8-12-24-54(48)59)43-29-27-41-33-39-15-3-5-17-45(39)51(41)35-43/h3-32,35-36H,33-34H2,1-2H3. The molecule has 0 nitrogen and oxygen atoms in total. The van der Waals surface area contributed by atoms with Crippen molar-refractivity contribution < 1.29 is 0 Å². The molecule has 0 radical (unpaired) electrons. The molecule has 2 aliphatic carbocycles. The van der Waals surface area contributed by atoms with Gasteiger partial charge < -0.3 is 0 Å². The summed E-state index contributed by atoms with van der Waals surface area (Å²) in [6, 6.07) is 76.1. The van der Waals surface area contributed by atoms with Crippen LogP contribution in [0.5, 0.6) is 0 Å². The highest BCUT2D eigenvalue weighted by Crippen LogP contribution is 2.39. The highest BCUT2D eigenvalue weighted by atomic mass is 28.3. The topological polar surface area (TPSA) is 0 Å². The van der Waals surface area contributed by atoms with Crippen molar-refractivity contribution in [3.05, 3.63) is 228 Å². The maximum atomic E-state index is 2.68. The van der Waals surface area contributed by atoms with Crippen molar-refractivity contribution in [2.24, 2.45) is 0 Å². The van der Waals surface area contributed by atoms with Gasteiger partial charge in [0.05, 0.1) is 0 Å². The van der Waals surface area contributed by atoms with Crippen molar-refractivity contribution in [1.29, 1.82) is 0 Å². The lowest BCUT2D eigenvalue weighted by atomic mass is 10.1. The summed E-state index contributed by atoms with van der Waals surface area (Å²) >= 11 is 0. The van der Waals surface area contributed by atoms with Crippen molar-refractivity contribution in [3.8, 4) is 44.5 Å². The normalized spacial score (nSPS) is 15.0. The van der Waals surface area contributed by atoms with E-state index in [-0.39, 0.29) is 0 Å². The molecule has 0 saturated heterocycles. The monoisotopic (exact) mass is 794 g/mol. The number of benzene rings is 9. The van der Waals surface area contributed by atoms with Crippen LogP contribution in [0.1, 0.15) is 33.4 Å². The van der Waals surface area contributed by atoms with Gasteiger partial charge in [-0.15, -0.1) is 0 Å². The summed E-state index contributed by atoms with van der Waals surface area (Å²) in [7, 11) is -5.63. The minimum Gasteiger partial charge on any atom is -0.0623 e. The van der Waals surface area contributed by atoms with Crippen LogP contribution in [0.15, 0.2) is 194 Å². The molecule has 13 rings (SSSR count). The number of aryl methyl sites for hydroxylation is 2. The van der Waals surface area contributed by atoms with Crippen LogP contribution in [0.4, 0.5) is 0 Å². The summed E-state index contributed by atoms with van der Waals surface area (Å²) in [5.74, 6) is 0. The van der Waals surface area contributed by atoms with Crippen LogP contribution in [0.25, 0.3) is 44.5 Å². The summed E-state index contributed by atoms with van der Waals surface area (Å²) < 4.78 is 0. The van der Waals surface area contributed by atoms with Crippen LogP contribution in [-0.4, -0.2) is 16.1 Å². The van der Waals surface area contributed by atoms with Crippen LogP contribution >= 0.6 is 0 Å². The van der Waals surface area contributed by atoms with E-state index in [4.69, 9.17) is 0 Å². The average Bonchev–Trinajstić information content (AvgIpc) is 4.03. The van der Waals surface area contributed by atoms with Crippen molar-refractivity contribution in [3.63, 3.8) is 0 Å². The summed E-state index contributed by atoms with van der Waals surface area (Å²) in [6.45, 7) is 4.88. The second-order valence-electron chi connectivity index (χ2n) is 17.6. The quantitative estimate of drug-likeness (QED) is 0.158. The predicted molar refractivity (Wildman–Crippen MR) is 258 cm³/mol. The average molecular weight is 795 g/mol. The fraction of sp³-hybridized carbons (Fsp3) is 0.0690. The van der Waals surface area contributed by atoms with E-state index in [1.165, 1.54) is 119 Å². The van der Waals surface area contributed by atoms with E-state index >= 15 is 0 Å². The summed E-state index contributed by atoms with van der Waals surface area (Å²) in [5, 5.41) is 12.0. The van der Waals surface area contributed by atoms with Crippen LogP contribution in [-0.2, 0) is 12.8 Å². The zero-order valence-electron chi connectivity index (χ0n) is 33.9. The predicted octanol–water partition coefficient (Wildman–Crippen LogP) is 8.16. The highest BCUT2D eigenvalue weighted by Gasteiger charge is 2.53. The minimum atomic E-state index is -2.81. The largest absolute Gasteiger partial charge is 0.181 e. The van der Waals surface area contributed by atoms with Gasteiger partial charge in [0.15, 0.2) is 16.1 Å². The molecular formula is C58H42Si2. The Morgan fingerprint density at radius 3 is 0.933 bits per heavy atom. The lowest BCUT2D eigenvalue weighted by Gasteiger charge is -2.37. The Balaban J connectivity index is 1.11. The van der Waals surface area contributed by atoms with E-state index in [2.05, 4.69) is 208 Å². The van der Waals surface area contributed by atoms with E-state index in [0.29, 0.717) is 0 Å². The van der Waals surface area contributed by atoms with E-state index in [1.807, 2.05) is 0 Å². The number of hydrogen-bond donors (Lipinski definition) is 0. The van der Waals surface area contributed by atoms with E-state index < -0.39 is 16.1 Å². The molecule has 282 valence electrons. The second-order valence-corrected chi connectivity index (χ2v) is 25.0. The van der Waals surface area contributed by atoms with Crippen molar-refractivity contribution in [1.82, 2.24) is 0 Å². The lowest BCUT2D eigenvalue weighted by Crippen LogP contribution is -2.75. The molecule has 0 saturated carbocycles. The molecule has 0 N–H and O–H groups in total. The van der Waals surface area contributed by atoms with Gasteiger partial charge >= 0.3 is 0 Å². The third-order valence-corrected chi connectivity index (χ3v) is 24.8. The summed E-state index contributed by atoms with van der Waals surface area (Å²) in [6.07, 6.45) is 2.01. The molecule has 0 atom stereocenters. The molecule has 0 spiro atoms. The maximum absolute atomic E-state index is 2.81. The number of rotatable bonds is 4. The Kier molecular flexibility index (Phi) is 7.13. The first-order valence-corrected chi connectivity index (χ1v) is 25.5. The molecule has 60 heavy (non-hydrogen) atoms. The molecule has 9 aromatic rings. The minimum absolute atomic E-state index is 1.00. The van der Waals surface area contributed by atoms with Gasteiger partial charge in [-0.25, -0.2) is 0 Å². The molecule has 0 amide bonds. The van der Waals surface area contributed by atoms with Crippen molar-refractivity contribution in [2.75, 3.05) is 0 Å². The molecule has 2 heterocycles. The van der Waals surface area contributed by atoms with Gasteiger partial charge in [0.25, 0.3) is 0 Å². The Morgan fingerprint density at radius 2 is 0.567 bits per heavy atom. The Morgan fingerprint density at radius 1 is 0.267 bits per heavy atom. The van der Waals surface area contributed by atoms with Gasteiger partial charge in [-0.1, -0.05) is 205 Å². The van der Waals surface area contributed by atoms with Gasteiger partial charge in [-0.3, -0.25) is 0 Å². The van der Waals surface area contributed by atoms with Gasteiger partial charge in [0, 0.05) is 0 Å².